The van der Waals surface area contributed by atoms with Gasteiger partial charge in [-0.05, 0) is 19.3 Å². The van der Waals surface area contributed by atoms with Crippen LogP contribution >= 0.6 is 0 Å². The molecule has 0 aromatic rings. The molecule has 0 aromatic carbocycles. The van der Waals surface area contributed by atoms with Gasteiger partial charge in [-0.2, -0.15) is 4.99 Å². The number of rotatable bonds is 2. The van der Waals surface area contributed by atoms with Crippen LogP contribution in [0.5, 0.6) is 0 Å². The van der Waals surface area contributed by atoms with Gasteiger partial charge in [-0.15, -0.1) is 0 Å². The lowest BCUT2D eigenvalue weighted by Gasteiger charge is -2.35. The molecule has 1 aliphatic heterocycles. The third kappa shape index (κ3) is 2.18. The molecule has 2 aliphatic rings. The zero-order chi connectivity index (χ0) is 12.4. The Morgan fingerprint density at radius 3 is 2.53 bits per heavy atom. The van der Waals surface area contributed by atoms with Gasteiger partial charge in [-0.25, -0.2) is 0 Å². The SMILES string of the molecule is CCC1C(=O)N=C(O)N(C2CCCCC2)C1=O. The average molecular weight is 238 g/mol. The van der Waals surface area contributed by atoms with Crippen molar-refractivity contribution < 1.29 is 14.7 Å². The number of aliphatic imine (C=N–C) groups is 1. The molecule has 17 heavy (non-hydrogen) atoms. The first-order valence-electron chi connectivity index (χ1n) is 6.29. The Morgan fingerprint density at radius 2 is 1.94 bits per heavy atom. The third-order valence-corrected chi connectivity index (χ3v) is 3.61. The van der Waals surface area contributed by atoms with Crippen molar-refractivity contribution in [2.24, 2.45) is 10.9 Å². The smallest absolute Gasteiger partial charge is 0.299 e. The molecule has 1 heterocycles. The summed E-state index contributed by atoms with van der Waals surface area (Å²) in [7, 11) is 0. The van der Waals surface area contributed by atoms with Gasteiger partial charge in [0.15, 0.2) is 0 Å². The van der Waals surface area contributed by atoms with Crippen molar-refractivity contribution in [1.82, 2.24) is 4.90 Å². The van der Waals surface area contributed by atoms with Gasteiger partial charge in [-0.3, -0.25) is 14.5 Å². The summed E-state index contributed by atoms with van der Waals surface area (Å²) >= 11 is 0. The van der Waals surface area contributed by atoms with E-state index in [-0.39, 0.29) is 11.9 Å². The third-order valence-electron chi connectivity index (χ3n) is 3.61. The molecule has 1 saturated carbocycles. The predicted octanol–water partition coefficient (Wildman–Crippen LogP) is 1.63. The van der Waals surface area contributed by atoms with Gasteiger partial charge in [-0.1, -0.05) is 26.2 Å². The Balaban J connectivity index is 2.22. The summed E-state index contributed by atoms with van der Waals surface area (Å²) < 4.78 is 0. The lowest BCUT2D eigenvalue weighted by molar-refractivity contribution is -0.142. The number of carbonyl (C=O) groups excluding carboxylic acids is 2. The lowest BCUT2D eigenvalue weighted by atomic mass is 9.92. The molecule has 1 fully saturated rings. The molecule has 5 nitrogen and oxygen atoms in total. The van der Waals surface area contributed by atoms with E-state index in [1.54, 1.807) is 6.92 Å². The fraction of sp³-hybridized carbons (Fsp3) is 0.750. The molecule has 94 valence electrons. The number of amides is 2. The molecule has 1 N–H and O–H groups in total. The highest BCUT2D eigenvalue weighted by molar-refractivity contribution is 6.13. The van der Waals surface area contributed by atoms with E-state index in [0.717, 1.165) is 25.7 Å². The molecule has 2 amide bonds. The quantitative estimate of drug-likeness (QED) is 0.743. The van der Waals surface area contributed by atoms with Crippen molar-refractivity contribution in [3.8, 4) is 0 Å². The maximum atomic E-state index is 12.1. The molecular weight excluding hydrogens is 220 g/mol. The first kappa shape index (κ1) is 12.1. The van der Waals surface area contributed by atoms with Crippen LogP contribution in [0, 0.1) is 5.92 Å². The maximum absolute atomic E-state index is 12.1. The van der Waals surface area contributed by atoms with E-state index in [0.29, 0.717) is 6.42 Å². The standard InChI is InChI=1S/C12H18N2O3/c1-2-9-10(15)13-12(17)14(11(9)16)8-6-4-3-5-7-8/h8-9H,2-7H2,1H3,(H,13,15,17). The Morgan fingerprint density at radius 1 is 1.29 bits per heavy atom. The van der Waals surface area contributed by atoms with Crippen molar-refractivity contribution in [2.75, 3.05) is 0 Å². The highest BCUT2D eigenvalue weighted by Crippen LogP contribution is 2.27. The summed E-state index contributed by atoms with van der Waals surface area (Å²) in [5.74, 6) is -1.49. The van der Waals surface area contributed by atoms with E-state index < -0.39 is 17.8 Å². The Labute approximate surface area is 101 Å². The molecule has 0 spiro atoms. The van der Waals surface area contributed by atoms with E-state index in [2.05, 4.69) is 4.99 Å². The van der Waals surface area contributed by atoms with Crippen molar-refractivity contribution in [1.29, 1.82) is 0 Å². The maximum Gasteiger partial charge on any atom is 0.299 e. The largest absolute Gasteiger partial charge is 0.480 e. The van der Waals surface area contributed by atoms with E-state index in [9.17, 15) is 14.7 Å². The van der Waals surface area contributed by atoms with Crippen LogP contribution in [0.25, 0.3) is 0 Å². The van der Waals surface area contributed by atoms with Crippen LogP contribution < -0.4 is 0 Å². The van der Waals surface area contributed by atoms with Gasteiger partial charge < -0.3 is 5.11 Å². The van der Waals surface area contributed by atoms with Crippen LogP contribution in [0.15, 0.2) is 4.99 Å². The summed E-state index contributed by atoms with van der Waals surface area (Å²) in [5.41, 5.74) is 0. The van der Waals surface area contributed by atoms with Crippen molar-refractivity contribution in [3.05, 3.63) is 0 Å². The summed E-state index contributed by atoms with van der Waals surface area (Å²) in [6, 6.07) is -0.390. The zero-order valence-corrected chi connectivity index (χ0v) is 10.1. The van der Waals surface area contributed by atoms with E-state index in [1.807, 2.05) is 0 Å². The van der Waals surface area contributed by atoms with Gasteiger partial charge in [0.1, 0.15) is 5.92 Å². The number of hydrogen-bond donors (Lipinski definition) is 1. The van der Waals surface area contributed by atoms with Gasteiger partial charge in [0.2, 0.25) is 5.91 Å². The van der Waals surface area contributed by atoms with Crippen LogP contribution in [-0.2, 0) is 9.59 Å². The number of carbonyl (C=O) groups is 2. The molecule has 0 bridgehead atoms. The lowest BCUT2D eigenvalue weighted by Crippen LogP contribution is -2.52. The van der Waals surface area contributed by atoms with Crippen LogP contribution in [0.2, 0.25) is 0 Å². The second-order valence-corrected chi connectivity index (χ2v) is 4.71. The van der Waals surface area contributed by atoms with Crippen molar-refractivity contribution in [3.63, 3.8) is 0 Å². The summed E-state index contributed by atoms with van der Waals surface area (Å²) in [5, 5.41) is 9.71. The fourth-order valence-electron chi connectivity index (χ4n) is 2.63. The van der Waals surface area contributed by atoms with Gasteiger partial charge in [0, 0.05) is 6.04 Å². The first-order valence-corrected chi connectivity index (χ1v) is 6.29. The molecule has 1 atom stereocenters. The molecule has 0 radical (unpaired) electrons. The molecule has 1 unspecified atom stereocenters. The first-order chi connectivity index (χ1) is 8.15. The Hall–Kier alpha value is -1.39. The molecule has 1 aliphatic carbocycles. The van der Waals surface area contributed by atoms with E-state index in [1.165, 1.54) is 11.3 Å². The van der Waals surface area contributed by atoms with Crippen molar-refractivity contribution in [2.45, 2.75) is 51.5 Å². The summed E-state index contributed by atoms with van der Waals surface area (Å²) in [6.07, 6.45) is 5.51. The van der Waals surface area contributed by atoms with Crippen LogP contribution in [0.3, 0.4) is 0 Å². The highest BCUT2D eigenvalue weighted by Gasteiger charge is 2.40. The van der Waals surface area contributed by atoms with E-state index >= 15 is 0 Å². The summed E-state index contributed by atoms with van der Waals surface area (Å²) in [4.78, 5) is 28.5. The minimum absolute atomic E-state index is 0.0159. The van der Waals surface area contributed by atoms with Crippen LogP contribution in [0.4, 0.5) is 0 Å². The second-order valence-electron chi connectivity index (χ2n) is 4.71. The minimum atomic E-state index is -0.701. The molecule has 0 saturated heterocycles. The van der Waals surface area contributed by atoms with Gasteiger partial charge >= 0.3 is 0 Å². The minimum Gasteiger partial charge on any atom is -0.480 e. The predicted molar refractivity (Wildman–Crippen MR) is 62.6 cm³/mol. The summed E-state index contributed by atoms with van der Waals surface area (Å²) in [6.45, 7) is 1.79. The second kappa shape index (κ2) is 4.85. The molecule has 0 aromatic heterocycles. The molecular formula is C12H18N2O3. The fourth-order valence-corrected chi connectivity index (χ4v) is 2.63. The van der Waals surface area contributed by atoms with E-state index in [4.69, 9.17) is 0 Å². The number of aliphatic hydroxyl groups is 1. The molecule has 5 heteroatoms. The van der Waals surface area contributed by atoms with Crippen molar-refractivity contribution >= 4 is 17.8 Å². The highest BCUT2D eigenvalue weighted by atomic mass is 16.3. The zero-order valence-electron chi connectivity index (χ0n) is 10.1. The number of hydrogen-bond acceptors (Lipinski definition) is 2. The Kier molecular flexibility index (Phi) is 3.45. The van der Waals surface area contributed by atoms with Crippen LogP contribution in [-0.4, -0.2) is 33.9 Å². The average Bonchev–Trinajstić information content (AvgIpc) is 2.30. The van der Waals surface area contributed by atoms with Gasteiger partial charge in [0.05, 0.1) is 0 Å². The monoisotopic (exact) mass is 238 g/mol. The molecule has 2 rings (SSSR count). The van der Waals surface area contributed by atoms with Gasteiger partial charge in [0.25, 0.3) is 11.9 Å². The topological polar surface area (TPSA) is 70.0 Å². The number of amidine groups is 1. The van der Waals surface area contributed by atoms with Crippen LogP contribution in [0.1, 0.15) is 45.4 Å². The Bertz CT molecular complexity index is 359. The number of aliphatic hydroxyl groups excluding tert-OH is 1. The number of nitrogens with zero attached hydrogens (tertiary/aromatic N) is 2. The normalized spacial score (nSPS) is 27.2.